The van der Waals surface area contributed by atoms with Crippen molar-refractivity contribution in [2.24, 2.45) is 0 Å². The second-order valence-electron chi connectivity index (χ2n) is 8.05. The fraction of sp³-hybridized carbons (Fsp3) is 0.185. The molecule has 0 saturated heterocycles. The SMILES string of the molecule is COc1ccc(OC(=O)N2CCc3c([nH]c4ccc(C#N)cc34)C2c2ccc(OC)cc2)cc1. The van der Waals surface area contributed by atoms with Crippen LogP contribution in [0.1, 0.15) is 28.4 Å². The fourth-order valence-electron chi connectivity index (χ4n) is 4.49. The highest BCUT2D eigenvalue weighted by Crippen LogP contribution is 2.39. The van der Waals surface area contributed by atoms with E-state index in [1.54, 1.807) is 49.5 Å². The van der Waals surface area contributed by atoms with Crippen molar-refractivity contribution >= 4 is 17.0 Å². The minimum absolute atomic E-state index is 0.377. The lowest BCUT2D eigenvalue weighted by Crippen LogP contribution is -2.42. The minimum atomic E-state index is -0.437. The van der Waals surface area contributed by atoms with Crippen molar-refractivity contribution in [3.63, 3.8) is 0 Å². The molecule has 5 rings (SSSR count). The fourth-order valence-corrected chi connectivity index (χ4v) is 4.49. The third-order valence-electron chi connectivity index (χ3n) is 6.19. The summed E-state index contributed by atoms with van der Waals surface area (Å²) in [6.45, 7) is 0.475. The topological polar surface area (TPSA) is 87.6 Å². The molecule has 0 bridgehead atoms. The van der Waals surface area contributed by atoms with E-state index in [0.29, 0.717) is 30.0 Å². The van der Waals surface area contributed by atoms with Gasteiger partial charge in [0.05, 0.1) is 25.9 Å². The molecule has 4 aromatic rings. The Balaban J connectivity index is 1.55. The van der Waals surface area contributed by atoms with E-state index < -0.39 is 6.09 Å². The van der Waals surface area contributed by atoms with Gasteiger partial charge in [-0.3, -0.25) is 4.90 Å². The van der Waals surface area contributed by atoms with E-state index in [1.807, 2.05) is 36.4 Å². The molecule has 1 aromatic heterocycles. The number of nitrogens with one attached hydrogen (secondary N) is 1. The van der Waals surface area contributed by atoms with Crippen LogP contribution in [0.2, 0.25) is 0 Å². The lowest BCUT2D eigenvalue weighted by molar-refractivity contribution is 0.135. The summed E-state index contributed by atoms with van der Waals surface area (Å²) >= 11 is 0. The molecular formula is C27H23N3O4. The molecule has 1 aliphatic heterocycles. The van der Waals surface area contributed by atoms with Gasteiger partial charge in [-0.05, 0) is 72.1 Å². The monoisotopic (exact) mass is 453 g/mol. The molecule has 1 atom stereocenters. The van der Waals surface area contributed by atoms with Crippen molar-refractivity contribution in [3.8, 4) is 23.3 Å². The van der Waals surface area contributed by atoms with E-state index in [-0.39, 0.29) is 6.04 Å². The highest BCUT2D eigenvalue weighted by molar-refractivity contribution is 5.87. The first-order valence-electron chi connectivity index (χ1n) is 10.9. The van der Waals surface area contributed by atoms with E-state index in [9.17, 15) is 10.1 Å². The summed E-state index contributed by atoms with van der Waals surface area (Å²) in [6.07, 6.45) is 0.210. The molecule has 170 valence electrons. The standard InChI is InChI=1S/C27H23N3O4/c1-32-19-6-4-18(5-7-19)26-25-22(23-15-17(16-28)3-12-24(23)29-25)13-14-30(26)27(31)34-21-10-8-20(33-2)9-11-21/h3-12,15,26,29H,13-14H2,1-2H3. The number of aromatic amines is 1. The van der Waals surface area contributed by atoms with Crippen molar-refractivity contribution in [2.75, 3.05) is 20.8 Å². The van der Waals surface area contributed by atoms with Gasteiger partial charge in [-0.15, -0.1) is 0 Å². The molecule has 0 aliphatic carbocycles. The molecule has 0 spiro atoms. The number of nitrogens with zero attached hydrogens (tertiary/aromatic N) is 2. The maximum atomic E-state index is 13.3. The Morgan fingerprint density at radius 3 is 2.26 bits per heavy atom. The lowest BCUT2D eigenvalue weighted by Gasteiger charge is -2.35. The summed E-state index contributed by atoms with van der Waals surface area (Å²) in [5.41, 5.74) is 4.51. The predicted octanol–water partition coefficient (Wildman–Crippen LogP) is 5.20. The predicted molar refractivity (Wildman–Crippen MR) is 127 cm³/mol. The average molecular weight is 453 g/mol. The van der Waals surface area contributed by atoms with Crippen LogP contribution in [0, 0.1) is 11.3 Å². The molecule has 2 heterocycles. The highest BCUT2D eigenvalue weighted by Gasteiger charge is 2.35. The summed E-state index contributed by atoms with van der Waals surface area (Å²) in [5, 5.41) is 10.4. The molecule has 0 radical (unpaired) electrons. The zero-order valence-corrected chi connectivity index (χ0v) is 18.9. The van der Waals surface area contributed by atoms with Crippen LogP contribution in [0.4, 0.5) is 4.79 Å². The number of amides is 1. The quantitative estimate of drug-likeness (QED) is 0.459. The maximum absolute atomic E-state index is 13.3. The first kappa shape index (κ1) is 21.4. The van der Waals surface area contributed by atoms with Gasteiger partial charge in [-0.2, -0.15) is 5.26 Å². The number of hydrogen-bond acceptors (Lipinski definition) is 5. The molecule has 7 nitrogen and oxygen atoms in total. The number of nitriles is 1. The normalized spacial score (nSPS) is 14.9. The van der Waals surface area contributed by atoms with Crippen molar-refractivity contribution in [2.45, 2.75) is 12.5 Å². The molecule has 34 heavy (non-hydrogen) atoms. The molecule has 1 amide bonds. The Bertz CT molecular complexity index is 1380. The third-order valence-corrected chi connectivity index (χ3v) is 6.19. The van der Waals surface area contributed by atoms with Crippen LogP contribution in [-0.4, -0.2) is 36.7 Å². The number of hydrogen-bond donors (Lipinski definition) is 1. The highest BCUT2D eigenvalue weighted by atomic mass is 16.6. The molecule has 0 fully saturated rings. The lowest BCUT2D eigenvalue weighted by atomic mass is 9.92. The Hall–Kier alpha value is -4.44. The van der Waals surface area contributed by atoms with Crippen LogP contribution in [-0.2, 0) is 6.42 Å². The van der Waals surface area contributed by atoms with Gasteiger partial charge in [0.25, 0.3) is 0 Å². The smallest absolute Gasteiger partial charge is 0.416 e. The second kappa shape index (κ2) is 8.83. The summed E-state index contributed by atoms with van der Waals surface area (Å²) in [7, 11) is 3.21. The molecule has 1 aliphatic rings. The number of rotatable bonds is 4. The Morgan fingerprint density at radius 1 is 0.971 bits per heavy atom. The van der Waals surface area contributed by atoms with Crippen LogP contribution in [0.3, 0.4) is 0 Å². The zero-order valence-electron chi connectivity index (χ0n) is 18.9. The van der Waals surface area contributed by atoms with Gasteiger partial charge in [0, 0.05) is 23.1 Å². The largest absolute Gasteiger partial charge is 0.497 e. The van der Waals surface area contributed by atoms with Crippen molar-refractivity contribution in [1.82, 2.24) is 9.88 Å². The van der Waals surface area contributed by atoms with E-state index in [4.69, 9.17) is 14.2 Å². The van der Waals surface area contributed by atoms with Crippen LogP contribution in [0.15, 0.2) is 66.7 Å². The number of benzene rings is 3. The maximum Gasteiger partial charge on any atom is 0.416 e. The van der Waals surface area contributed by atoms with Gasteiger partial charge >= 0.3 is 6.09 Å². The van der Waals surface area contributed by atoms with Crippen LogP contribution >= 0.6 is 0 Å². The first-order chi connectivity index (χ1) is 16.6. The van der Waals surface area contributed by atoms with Gasteiger partial charge in [-0.1, -0.05) is 12.1 Å². The number of H-pyrrole nitrogens is 1. The molecular weight excluding hydrogens is 430 g/mol. The summed E-state index contributed by atoms with van der Waals surface area (Å²) in [4.78, 5) is 18.6. The van der Waals surface area contributed by atoms with Gasteiger partial charge < -0.3 is 19.2 Å². The Morgan fingerprint density at radius 2 is 1.62 bits per heavy atom. The van der Waals surface area contributed by atoms with Gasteiger partial charge in [-0.25, -0.2) is 4.79 Å². The van der Waals surface area contributed by atoms with Crippen molar-refractivity contribution < 1.29 is 19.0 Å². The molecule has 7 heteroatoms. The summed E-state index contributed by atoms with van der Waals surface area (Å²) in [5.74, 6) is 1.87. The van der Waals surface area contributed by atoms with E-state index >= 15 is 0 Å². The van der Waals surface area contributed by atoms with Crippen LogP contribution < -0.4 is 14.2 Å². The summed E-state index contributed by atoms with van der Waals surface area (Å²) < 4.78 is 16.2. The first-order valence-corrected chi connectivity index (χ1v) is 10.9. The molecule has 1 unspecified atom stereocenters. The van der Waals surface area contributed by atoms with Crippen molar-refractivity contribution in [3.05, 3.63) is 89.1 Å². The van der Waals surface area contributed by atoms with Gasteiger partial charge in [0.15, 0.2) is 0 Å². The van der Waals surface area contributed by atoms with Crippen LogP contribution in [0.25, 0.3) is 10.9 Å². The van der Waals surface area contributed by atoms with Gasteiger partial charge in [0.2, 0.25) is 0 Å². The number of fused-ring (bicyclic) bond motifs is 3. The molecule has 1 N–H and O–H groups in total. The average Bonchev–Trinajstić information content (AvgIpc) is 3.26. The summed E-state index contributed by atoms with van der Waals surface area (Å²) in [6, 6.07) is 22.0. The Kier molecular flexibility index (Phi) is 5.56. The van der Waals surface area contributed by atoms with E-state index in [0.717, 1.165) is 33.5 Å². The number of carbonyl (C=O) groups excluding carboxylic acids is 1. The number of ether oxygens (including phenoxy) is 3. The Labute approximate surface area is 197 Å². The van der Waals surface area contributed by atoms with Crippen molar-refractivity contribution in [1.29, 1.82) is 5.26 Å². The second-order valence-corrected chi connectivity index (χ2v) is 8.05. The molecule has 3 aromatic carbocycles. The van der Waals surface area contributed by atoms with E-state index in [2.05, 4.69) is 11.1 Å². The number of methoxy groups -OCH3 is 2. The minimum Gasteiger partial charge on any atom is -0.497 e. The third kappa shape index (κ3) is 3.80. The zero-order chi connectivity index (χ0) is 23.7. The van der Waals surface area contributed by atoms with E-state index in [1.165, 1.54) is 0 Å². The number of carbonyl (C=O) groups is 1. The number of aromatic nitrogens is 1. The van der Waals surface area contributed by atoms with Gasteiger partial charge in [0.1, 0.15) is 23.3 Å². The molecule has 0 saturated carbocycles. The van der Waals surface area contributed by atoms with Crippen LogP contribution in [0.5, 0.6) is 17.2 Å².